The maximum Gasteiger partial charge on any atom is 0.256 e. The van der Waals surface area contributed by atoms with Gasteiger partial charge < -0.3 is 10.3 Å². The zero-order chi connectivity index (χ0) is 15.6. The second-order valence-electron chi connectivity index (χ2n) is 6.08. The predicted molar refractivity (Wildman–Crippen MR) is 87.5 cm³/mol. The molecule has 0 fully saturated rings. The van der Waals surface area contributed by atoms with Crippen molar-refractivity contribution >= 4 is 0 Å². The molecular weight excluding hydrogens is 260 g/mol. The first-order valence-electron chi connectivity index (χ1n) is 7.43. The third-order valence-electron chi connectivity index (χ3n) is 3.77. The first-order valence-corrected chi connectivity index (χ1v) is 7.43. The van der Waals surface area contributed by atoms with Gasteiger partial charge in [-0.2, -0.15) is 0 Å². The molecule has 3 nitrogen and oxygen atoms in total. The van der Waals surface area contributed by atoms with Crippen LogP contribution in [0, 0.1) is 19.8 Å². The van der Waals surface area contributed by atoms with Crippen molar-refractivity contribution < 1.29 is 0 Å². The molecule has 0 radical (unpaired) electrons. The summed E-state index contributed by atoms with van der Waals surface area (Å²) < 4.78 is 1.84. The van der Waals surface area contributed by atoms with Gasteiger partial charge in [-0.15, -0.1) is 0 Å². The Balaban J connectivity index is 2.56. The Morgan fingerprint density at radius 2 is 1.76 bits per heavy atom. The number of pyridine rings is 1. The number of rotatable bonds is 4. The molecule has 2 rings (SSSR count). The fraction of sp³-hybridized carbons (Fsp3) is 0.389. The molecule has 112 valence electrons. The molecule has 1 atom stereocenters. The Morgan fingerprint density at radius 1 is 1.14 bits per heavy atom. The monoisotopic (exact) mass is 284 g/mol. The fourth-order valence-electron chi connectivity index (χ4n) is 2.74. The van der Waals surface area contributed by atoms with Crippen LogP contribution in [0.15, 0.2) is 41.2 Å². The standard InChI is InChI=1S/C18H24N2O/c1-12(2)11-20-14(4)10-13(3)16(18(20)21)17(19)15-8-6-5-7-9-15/h5-10,12,17H,11,19H2,1-4H3. The van der Waals surface area contributed by atoms with Crippen molar-refractivity contribution in [3.63, 3.8) is 0 Å². The number of aryl methyl sites for hydroxylation is 2. The van der Waals surface area contributed by atoms with E-state index in [1.165, 1.54) is 0 Å². The molecule has 21 heavy (non-hydrogen) atoms. The lowest BCUT2D eigenvalue weighted by molar-refractivity contribution is 0.497. The summed E-state index contributed by atoms with van der Waals surface area (Å²) >= 11 is 0. The van der Waals surface area contributed by atoms with Crippen LogP contribution in [0.4, 0.5) is 0 Å². The molecule has 0 saturated heterocycles. The lowest BCUT2D eigenvalue weighted by atomic mass is 9.96. The molecule has 0 aliphatic carbocycles. The molecule has 2 N–H and O–H groups in total. The van der Waals surface area contributed by atoms with E-state index < -0.39 is 0 Å². The Labute approximate surface area is 126 Å². The van der Waals surface area contributed by atoms with Crippen LogP contribution in [0.2, 0.25) is 0 Å². The summed E-state index contributed by atoms with van der Waals surface area (Å²) in [5, 5.41) is 0. The molecule has 0 spiro atoms. The molecule has 1 unspecified atom stereocenters. The van der Waals surface area contributed by atoms with Gasteiger partial charge in [-0.25, -0.2) is 0 Å². The summed E-state index contributed by atoms with van der Waals surface area (Å²) in [4.78, 5) is 12.8. The fourth-order valence-corrected chi connectivity index (χ4v) is 2.74. The van der Waals surface area contributed by atoms with Crippen LogP contribution in [0.3, 0.4) is 0 Å². The van der Waals surface area contributed by atoms with Gasteiger partial charge in [0.15, 0.2) is 0 Å². The SMILES string of the molecule is Cc1cc(C)n(CC(C)C)c(=O)c1C(N)c1ccccc1. The summed E-state index contributed by atoms with van der Waals surface area (Å²) in [7, 11) is 0. The van der Waals surface area contributed by atoms with Crippen molar-refractivity contribution in [3.8, 4) is 0 Å². The van der Waals surface area contributed by atoms with Gasteiger partial charge in [0.1, 0.15) is 0 Å². The van der Waals surface area contributed by atoms with Crippen LogP contribution in [-0.2, 0) is 6.54 Å². The van der Waals surface area contributed by atoms with Crippen LogP contribution in [0.5, 0.6) is 0 Å². The van der Waals surface area contributed by atoms with E-state index in [1.54, 1.807) is 0 Å². The molecule has 0 aliphatic heterocycles. The van der Waals surface area contributed by atoms with Gasteiger partial charge in [-0.05, 0) is 37.0 Å². The van der Waals surface area contributed by atoms with Gasteiger partial charge in [-0.3, -0.25) is 4.79 Å². The van der Waals surface area contributed by atoms with E-state index in [2.05, 4.69) is 19.9 Å². The summed E-state index contributed by atoms with van der Waals surface area (Å²) in [6, 6.07) is 11.5. The maximum absolute atomic E-state index is 12.8. The van der Waals surface area contributed by atoms with Crippen LogP contribution in [0.25, 0.3) is 0 Å². The number of nitrogens with zero attached hydrogens (tertiary/aromatic N) is 1. The normalized spacial score (nSPS) is 12.7. The van der Waals surface area contributed by atoms with Crippen molar-refractivity contribution in [2.45, 2.75) is 40.3 Å². The molecule has 0 saturated carbocycles. The highest BCUT2D eigenvalue weighted by atomic mass is 16.1. The maximum atomic E-state index is 12.8. The highest BCUT2D eigenvalue weighted by Crippen LogP contribution is 2.20. The lowest BCUT2D eigenvalue weighted by Crippen LogP contribution is -2.32. The molecule has 1 heterocycles. The predicted octanol–water partition coefficient (Wildman–Crippen LogP) is 3.17. The third-order valence-corrected chi connectivity index (χ3v) is 3.77. The van der Waals surface area contributed by atoms with Crippen molar-refractivity contribution in [2.75, 3.05) is 0 Å². The van der Waals surface area contributed by atoms with E-state index in [0.717, 1.165) is 23.4 Å². The minimum absolute atomic E-state index is 0.0394. The van der Waals surface area contributed by atoms with Crippen LogP contribution in [-0.4, -0.2) is 4.57 Å². The molecule has 2 aromatic rings. The van der Waals surface area contributed by atoms with Gasteiger partial charge in [0.2, 0.25) is 0 Å². The topological polar surface area (TPSA) is 48.0 Å². The van der Waals surface area contributed by atoms with E-state index >= 15 is 0 Å². The number of hydrogen-bond acceptors (Lipinski definition) is 2. The van der Waals surface area contributed by atoms with Crippen molar-refractivity contribution in [1.29, 1.82) is 0 Å². The molecule has 0 bridgehead atoms. The summed E-state index contributed by atoms with van der Waals surface area (Å²) in [6.07, 6.45) is 0. The molecule has 0 amide bonds. The molecule has 0 aliphatic rings. The van der Waals surface area contributed by atoms with Crippen molar-refractivity contribution in [3.05, 3.63) is 69.1 Å². The summed E-state index contributed by atoms with van der Waals surface area (Å²) in [6.45, 7) is 8.89. The highest BCUT2D eigenvalue weighted by molar-refractivity contribution is 5.36. The first-order chi connectivity index (χ1) is 9.91. The van der Waals surface area contributed by atoms with Crippen LogP contribution >= 0.6 is 0 Å². The van der Waals surface area contributed by atoms with Gasteiger partial charge in [0, 0.05) is 17.8 Å². The third kappa shape index (κ3) is 3.24. The zero-order valence-corrected chi connectivity index (χ0v) is 13.3. The highest BCUT2D eigenvalue weighted by Gasteiger charge is 2.18. The number of nitrogens with two attached hydrogens (primary N) is 1. The van der Waals surface area contributed by atoms with E-state index in [1.807, 2.05) is 48.7 Å². The van der Waals surface area contributed by atoms with Crippen LogP contribution in [0.1, 0.15) is 42.3 Å². The summed E-state index contributed by atoms with van der Waals surface area (Å²) in [5.74, 6) is 0.421. The van der Waals surface area contributed by atoms with E-state index in [0.29, 0.717) is 11.5 Å². The second kappa shape index (κ2) is 6.27. The van der Waals surface area contributed by atoms with Crippen molar-refractivity contribution in [1.82, 2.24) is 4.57 Å². The molecule has 1 aromatic heterocycles. The second-order valence-corrected chi connectivity index (χ2v) is 6.08. The Bertz CT molecular complexity index is 672. The van der Waals surface area contributed by atoms with Gasteiger partial charge in [-0.1, -0.05) is 44.2 Å². The Kier molecular flexibility index (Phi) is 4.63. The van der Waals surface area contributed by atoms with E-state index in [-0.39, 0.29) is 11.6 Å². The minimum Gasteiger partial charge on any atom is -0.320 e. The van der Waals surface area contributed by atoms with Gasteiger partial charge in [0.05, 0.1) is 6.04 Å². The average molecular weight is 284 g/mol. The molecule has 1 aromatic carbocycles. The van der Waals surface area contributed by atoms with E-state index in [9.17, 15) is 4.79 Å². The quantitative estimate of drug-likeness (QED) is 0.937. The smallest absolute Gasteiger partial charge is 0.256 e. The Hall–Kier alpha value is -1.87. The van der Waals surface area contributed by atoms with Crippen LogP contribution < -0.4 is 11.3 Å². The molecule has 3 heteroatoms. The van der Waals surface area contributed by atoms with Gasteiger partial charge >= 0.3 is 0 Å². The first kappa shape index (κ1) is 15.5. The summed E-state index contributed by atoms with van der Waals surface area (Å²) in [5.41, 5.74) is 10.0. The number of hydrogen-bond donors (Lipinski definition) is 1. The van der Waals surface area contributed by atoms with Crippen molar-refractivity contribution in [2.24, 2.45) is 11.7 Å². The Morgan fingerprint density at radius 3 is 2.33 bits per heavy atom. The average Bonchev–Trinajstić information content (AvgIpc) is 2.44. The van der Waals surface area contributed by atoms with E-state index in [4.69, 9.17) is 5.73 Å². The number of aromatic nitrogens is 1. The van der Waals surface area contributed by atoms with Gasteiger partial charge in [0.25, 0.3) is 5.56 Å². The minimum atomic E-state index is -0.377. The molecular formula is C18H24N2O. The largest absolute Gasteiger partial charge is 0.320 e. The lowest BCUT2D eigenvalue weighted by Gasteiger charge is -2.20. The number of benzene rings is 1. The zero-order valence-electron chi connectivity index (χ0n) is 13.3.